The highest BCUT2D eigenvalue weighted by Gasteiger charge is 2.30. The summed E-state index contributed by atoms with van der Waals surface area (Å²) in [6.45, 7) is 2.84. The molecule has 18 heavy (non-hydrogen) atoms. The summed E-state index contributed by atoms with van der Waals surface area (Å²) in [6.07, 6.45) is 3.63. The summed E-state index contributed by atoms with van der Waals surface area (Å²) >= 11 is 0. The van der Waals surface area contributed by atoms with Gasteiger partial charge >= 0.3 is 0 Å². The second-order valence-corrected chi connectivity index (χ2v) is 4.24. The van der Waals surface area contributed by atoms with Crippen LogP contribution in [-0.4, -0.2) is 15.7 Å². The molecule has 1 aliphatic heterocycles. The van der Waals surface area contributed by atoms with Crippen LogP contribution in [0.5, 0.6) is 0 Å². The Morgan fingerprint density at radius 3 is 3.06 bits per heavy atom. The van der Waals surface area contributed by atoms with Crippen LogP contribution in [-0.2, 0) is 11.3 Å². The summed E-state index contributed by atoms with van der Waals surface area (Å²) in [4.78, 5) is 11.9. The van der Waals surface area contributed by atoms with Gasteiger partial charge in [-0.15, -0.1) is 0 Å². The van der Waals surface area contributed by atoms with Crippen LogP contribution in [0.4, 0.5) is 11.4 Å². The van der Waals surface area contributed by atoms with E-state index in [1.165, 1.54) is 0 Å². The summed E-state index contributed by atoms with van der Waals surface area (Å²) in [6, 6.07) is 7.37. The minimum atomic E-state index is -0.337. The Morgan fingerprint density at radius 2 is 2.28 bits per heavy atom. The Labute approximate surface area is 105 Å². The third-order valence-electron chi connectivity index (χ3n) is 3.06. The number of fused-ring (bicyclic) bond motifs is 1. The van der Waals surface area contributed by atoms with Gasteiger partial charge in [0.15, 0.2) is 0 Å². The number of amides is 1. The zero-order chi connectivity index (χ0) is 12.5. The average molecular weight is 242 g/mol. The van der Waals surface area contributed by atoms with Crippen molar-refractivity contribution in [2.24, 2.45) is 0 Å². The summed E-state index contributed by atoms with van der Waals surface area (Å²) in [5.41, 5.74) is 2.71. The molecule has 1 unspecified atom stereocenters. The predicted molar refractivity (Wildman–Crippen MR) is 69.3 cm³/mol. The Balaban J connectivity index is 1.86. The Bertz CT molecular complexity index is 590. The van der Waals surface area contributed by atoms with Crippen LogP contribution in [0.15, 0.2) is 36.7 Å². The molecular weight excluding hydrogens is 228 g/mol. The molecule has 5 nitrogen and oxygen atoms in total. The van der Waals surface area contributed by atoms with E-state index in [0.717, 1.165) is 23.5 Å². The van der Waals surface area contributed by atoms with Crippen LogP contribution in [0.25, 0.3) is 0 Å². The molecule has 0 bridgehead atoms. The van der Waals surface area contributed by atoms with Crippen molar-refractivity contribution >= 4 is 17.3 Å². The van der Waals surface area contributed by atoms with Crippen molar-refractivity contribution in [2.45, 2.75) is 19.5 Å². The number of hydrogen-bond donors (Lipinski definition) is 2. The lowest BCUT2D eigenvalue weighted by atomic mass is 10.1. The molecule has 1 atom stereocenters. The fourth-order valence-electron chi connectivity index (χ4n) is 2.13. The number of benzene rings is 1. The van der Waals surface area contributed by atoms with Crippen molar-refractivity contribution in [1.82, 2.24) is 9.78 Å². The second-order valence-electron chi connectivity index (χ2n) is 4.24. The van der Waals surface area contributed by atoms with E-state index >= 15 is 0 Å². The summed E-state index contributed by atoms with van der Waals surface area (Å²) in [7, 11) is 0. The van der Waals surface area contributed by atoms with E-state index in [0.29, 0.717) is 0 Å². The predicted octanol–water partition coefficient (Wildman–Crippen LogP) is 2.01. The minimum Gasteiger partial charge on any atom is -0.367 e. The minimum absolute atomic E-state index is 0.0274. The first-order valence-electron chi connectivity index (χ1n) is 5.96. The van der Waals surface area contributed by atoms with Crippen LogP contribution in [0, 0.1) is 0 Å². The normalized spacial score (nSPS) is 17.4. The quantitative estimate of drug-likeness (QED) is 0.865. The molecule has 2 heterocycles. The molecule has 0 radical (unpaired) electrons. The third-order valence-corrected chi connectivity index (χ3v) is 3.06. The first kappa shape index (κ1) is 10.8. The van der Waals surface area contributed by atoms with Gasteiger partial charge in [0.05, 0.1) is 11.9 Å². The molecule has 2 aromatic rings. The van der Waals surface area contributed by atoms with Gasteiger partial charge in [-0.25, -0.2) is 0 Å². The number of nitrogens with zero attached hydrogens (tertiary/aromatic N) is 2. The lowest BCUT2D eigenvalue weighted by Gasteiger charge is -2.10. The molecule has 0 spiro atoms. The van der Waals surface area contributed by atoms with E-state index in [4.69, 9.17) is 0 Å². The number of nitrogens with one attached hydrogen (secondary N) is 2. The van der Waals surface area contributed by atoms with Gasteiger partial charge in [0, 0.05) is 24.0 Å². The van der Waals surface area contributed by atoms with Gasteiger partial charge in [0.2, 0.25) is 0 Å². The van der Waals surface area contributed by atoms with Gasteiger partial charge in [-0.2, -0.15) is 5.10 Å². The molecule has 5 heteroatoms. The molecule has 92 valence electrons. The summed E-state index contributed by atoms with van der Waals surface area (Å²) in [5, 5.41) is 10.2. The Hall–Kier alpha value is -2.30. The largest absolute Gasteiger partial charge is 0.367 e. The van der Waals surface area contributed by atoms with E-state index in [9.17, 15) is 4.79 Å². The molecule has 0 fully saturated rings. The summed E-state index contributed by atoms with van der Waals surface area (Å²) in [5.74, 6) is -0.0274. The first-order chi connectivity index (χ1) is 8.78. The number of anilines is 2. The summed E-state index contributed by atoms with van der Waals surface area (Å²) < 4.78 is 1.82. The molecule has 2 N–H and O–H groups in total. The lowest BCUT2D eigenvalue weighted by molar-refractivity contribution is -0.116. The highest BCUT2D eigenvalue weighted by atomic mass is 16.2. The molecule has 0 saturated heterocycles. The van der Waals surface area contributed by atoms with Crippen molar-refractivity contribution < 1.29 is 4.79 Å². The molecule has 3 rings (SSSR count). The van der Waals surface area contributed by atoms with Gasteiger partial charge in [-0.1, -0.05) is 18.2 Å². The third kappa shape index (κ3) is 1.73. The standard InChI is InChI=1S/C13H14N4O/c1-2-17-8-9(7-14-17)15-12-10-5-3-4-6-11(10)16-13(12)18/h3-8,12,15H,2H2,1H3,(H,16,18). The van der Waals surface area contributed by atoms with E-state index in [2.05, 4.69) is 15.7 Å². The Morgan fingerprint density at radius 1 is 1.44 bits per heavy atom. The molecule has 1 aromatic heterocycles. The molecular formula is C13H14N4O. The highest BCUT2D eigenvalue weighted by Crippen LogP contribution is 2.32. The van der Waals surface area contributed by atoms with Crippen molar-refractivity contribution in [1.29, 1.82) is 0 Å². The number of aryl methyl sites for hydroxylation is 1. The van der Waals surface area contributed by atoms with Crippen LogP contribution in [0.1, 0.15) is 18.5 Å². The highest BCUT2D eigenvalue weighted by molar-refractivity contribution is 6.04. The molecule has 1 aromatic carbocycles. The zero-order valence-electron chi connectivity index (χ0n) is 10.1. The van der Waals surface area contributed by atoms with Crippen LogP contribution in [0.2, 0.25) is 0 Å². The number of hydrogen-bond acceptors (Lipinski definition) is 3. The van der Waals surface area contributed by atoms with Gasteiger partial charge in [0.1, 0.15) is 6.04 Å². The van der Waals surface area contributed by atoms with Gasteiger partial charge in [-0.05, 0) is 13.0 Å². The van der Waals surface area contributed by atoms with E-state index in [1.54, 1.807) is 6.20 Å². The van der Waals surface area contributed by atoms with Gasteiger partial charge in [0.25, 0.3) is 5.91 Å². The number of aromatic nitrogens is 2. The fourth-order valence-corrected chi connectivity index (χ4v) is 2.13. The Kier molecular flexibility index (Phi) is 2.51. The van der Waals surface area contributed by atoms with Crippen molar-refractivity contribution in [3.05, 3.63) is 42.2 Å². The second kappa shape index (κ2) is 4.18. The van der Waals surface area contributed by atoms with Crippen molar-refractivity contribution in [3.8, 4) is 0 Å². The van der Waals surface area contributed by atoms with Crippen molar-refractivity contribution in [3.63, 3.8) is 0 Å². The molecule has 0 aliphatic carbocycles. The monoisotopic (exact) mass is 242 g/mol. The number of carbonyl (C=O) groups excluding carboxylic acids is 1. The first-order valence-corrected chi connectivity index (χ1v) is 5.96. The zero-order valence-corrected chi connectivity index (χ0v) is 10.1. The average Bonchev–Trinajstić information content (AvgIpc) is 2.96. The maximum absolute atomic E-state index is 11.9. The van der Waals surface area contributed by atoms with E-state index in [-0.39, 0.29) is 11.9 Å². The topological polar surface area (TPSA) is 59.0 Å². The number of para-hydroxylation sites is 1. The molecule has 1 amide bonds. The van der Waals surface area contributed by atoms with E-state index < -0.39 is 0 Å². The number of carbonyl (C=O) groups is 1. The maximum atomic E-state index is 11.9. The smallest absolute Gasteiger partial charge is 0.251 e. The fraction of sp³-hybridized carbons (Fsp3) is 0.231. The molecule has 1 aliphatic rings. The molecule has 0 saturated carbocycles. The van der Waals surface area contributed by atoms with Gasteiger partial charge < -0.3 is 10.6 Å². The van der Waals surface area contributed by atoms with Crippen molar-refractivity contribution in [2.75, 3.05) is 10.6 Å². The van der Waals surface area contributed by atoms with Gasteiger partial charge in [-0.3, -0.25) is 9.48 Å². The van der Waals surface area contributed by atoms with Crippen LogP contribution >= 0.6 is 0 Å². The van der Waals surface area contributed by atoms with Crippen LogP contribution < -0.4 is 10.6 Å². The SMILES string of the molecule is CCn1cc(NC2C(=O)Nc3ccccc32)cn1. The van der Waals surface area contributed by atoms with E-state index in [1.807, 2.05) is 42.1 Å². The number of rotatable bonds is 3. The lowest BCUT2D eigenvalue weighted by Crippen LogP contribution is -2.19. The van der Waals surface area contributed by atoms with Crippen LogP contribution in [0.3, 0.4) is 0 Å². The maximum Gasteiger partial charge on any atom is 0.251 e.